The fourth-order valence-electron chi connectivity index (χ4n) is 2.21. The van der Waals surface area contributed by atoms with Gasteiger partial charge in [0, 0.05) is 23.8 Å². The molecule has 0 bridgehead atoms. The van der Waals surface area contributed by atoms with Gasteiger partial charge in [0.2, 0.25) is 0 Å². The second kappa shape index (κ2) is 7.26. The van der Waals surface area contributed by atoms with Crippen LogP contribution in [0.3, 0.4) is 0 Å². The summed E-state index contributed by atoms with van der Waals surface area (Å²) in [6.45, 7) is 4.20. The molecule has 20 heavy (non-hydrogen) atoms. The summed E-state index contributed by atoms with van der Waals surface area (Å²) in [5.41, 5.74) is 0. The van der Waals surface area contributed by atoms with Gasteiger partial charge in [-0.05, 0) is 18.8 Å². The van der Waals surface area contributed by atoms with Gasteiger partial charge in [0.25, 0.3) is 0 Å². The Morgan fingerprint density at radius 1 is 1.50 bits per heavy atom. The number of rotatable bonds is 7. The summed E-state index contributed by atoms with van der Waals surface area (Å²) in [6, 6.07) is -0.926. The van der Waals surface area contributed by atoms with Crippen molar-refractivity contribution in [1.82, 2.24) is 10.2 Å². The maximum absolute atomic E-state index is 12.2. The summed E-state index contributed by atoms with van der Waals surface area (Å²) in [5, 5.41) is 12.1. The summed E-state index contributed by atoms with van der Waals surface area (Å²) in [6.07, 6.45) is 4.03. The van der Waals surface area contributed by atoms with Crippen LogP contribution < -0.4 is 5.32 Å². The largest absolute Gasteiger partial charge is 0.480 e. The predicted octanol–water partition coefficient (Wildman–Crippen LogP) is 1.85. The number of carboxylic acid groups (broad SMARTS) is 1. The molecule has 0 aromatic carbocycles. The molecule has 0 radical (unpaired) electrons. The molecule has 2 aliphatic rings. The summed E-state index contributed by atoms with van der Waals surface area (Å²) in [7, 11) is 0. The number of hydrogen-bond acceptors (Lipinski definition) is 4. The number of thioether (sulfide) groups is 2. The molecule has 112 valence electrons. The minimum atomic E-state index is -0.906. The zero-order valence-corrected chi connectivity index (χ0v) is 12.9. The number of nitrogens with one attached hydrogen (secondary N) is 1. The fourth-order valence-corrected chi connectivity index (χ4v) is 4.42. The minimum absolute atomic E-state index is 0.0388. The maximum atomic E-state index is 12.2. The minimum Gasteiger partial charge on any atom is -0.480 e. The van der Waals surface area contributed by atoms with Crippen molar-refractivity contribution in [2.24, 2.45) is 5.92 Å². The van der Waals surface area contributed by atoms with Gasteiger partial charge in [0.1, 0.15) is 6.04 Å². The van der Waals surface area contributed by atoms with E-state index in [0.29, 0.717) is 18.2 Å². The second-order valence-corrected chi connectivity index (χ2v) is 7.22. The zero-order chi connectivity index (χ0) is 14.5. The Morgan fingerprint density at radius 2 is 2.25 bits per heavy atom. The zero-order valence-electron chi connectivity index (χ0n) is 11.3. The van der Waals surface area contributed by atoms with Crippen molar-refractivity contribution in [3.63, 3.8) is 0 Å². The van der Waals surface area contributed by atoms with Crippen molar-refractivity contribution >= 4 is 35.5 Å². The number of carbonyl (C=O) groups is 2. The molecule has 7 heteroatoms. The summed E-state index contributed by atoms with van der Waals surface area (Å²) >= 11 is 3.29. The highest BCUT2D eigenvalue weighted by Crippen LogP contribution is 2.45. The number of carboxylic acids is 1. The normalized spacial score (nSPS) is 25.5. The van der Waals surface area contributed by atoms with E-state index in [-0.39, 0.29) is 11.4 Å². The first kappa shape index (κ1) is 15.6. The molecule has 5 nitrogen and oxygen atoms in total. The third-order valence-electron chi connectivity index (χ3n) is 3.34. The molecular formula is C13H20N2O3S2. The molecule has 1 saturated carbocycles. The number of nitrogens with zero attached hydrogens (tertiary/aromatic N) is 1. The van der Waals surface area contributed by atoms with Gasteiger partial charge in [-0.15, -0.1) is 18.3 Å². The van der Waals surface area contributed by atoms with Gasteiger partial charge in [0.15, 0.2) is 0 Å². The first-order valence-corrected chi connectivity index (χ1v) is 8.94. The van der Waals surface area contributed by atoms with E-state index in [1.54, 1.807) is 28.4 Å². The van der Waals surface area contributed by atoms with Crippen molar-refractivity contribution in [2.45, 2.75) is 24.3 Å². The van der Waals surface area contributed by atoms with Crippen LogP contribution in [0.4, 0.5) is 4.79 Å². The Bertz CT molecular complexity index is 388. The SMILES string of the molecule is C=CCSCCNC(=O)N1C(C(=O)O)CSC1C1CC1. The van der Waals surface area contributed by atoms with Crippen LogP contribution in [0.5, 0.6) is 0 Å². The Balaban J connectivity index is 1.86. The van der Waals surface area contributed by atoms with Crippen LogP contribution in [0.15, 0.2) is 12.7 Å². The summed E-state index contributed by atoms with van der Waals surface area (Å²) in [5.74, 6) is 1.74. The molecule has 1 aliphatic heterocycles. The number of urea groups is 1. The van der Waals surface area contributed by atoms with Crippen molar-refractivity contribution in [1.29, 1.82) is 0 Å². The van der Waals surface area contributed by atoms with Crippen LogP contribution in [-0.2, 0) is 4.79 Å². The molecule has 2 unspecified atom stereocenters. The van der Waals surface area contributed by atoms with Gasteiger partial charge in [-0.25, -0.2) is 9.59 Å². The Hall–Kier alpha value is -0.820. The molecule has 2 rings (SSSR count). The first-order valence-electron chi connectivity index (χ1n) is 6.74. The molecule has 2 amide bonds. The number of carbonyl (C=O) groups excluding carboxylic acids is 1. The molecule has 0 aromatic heterocycles. The molecule has 1 heterocycles. The van der Waals surface area contributed by atoms with Crippen LogP contribution in [0.1, 0.15) is 12.8 Å². The van der Waals surface area contributed by atoms with Crippen molar-refractivity contribution in [3.05, 3.63) is 12.7 Å². The molecule has 1 aliphatic carbocycles. The van der Waals surface area contributed by atoms with E-state index in [2.05, 4.69) is 11.9 Å². The highest BCUT2D eigenvalue weighted by molar-refractivity contribution is 8.00. The Labute approximate surface area is 127 Å². The molecule has 0 aromatic rings. The first-order chi connectivity index (χ1) is 9.65. The fraction of sp³-hybridized carbons (Fsp3) is 0.692. The van der Waals surface area contributed by atoms with E-state index in [1.165, 1.54) is 0 Å². The van der Waals surface area contributed by atoms with Crippen LogP contribution >= 0.6 is 23.5 Å². The van der Waals surface area contributed by atoms with Gasteiger partial charge in [-0.2, -0.15) is 11.8 Å². The standard InChI is InChI=1S/C13H20N2O3S2/c1-2-6-19-7-5-14-13(18)15-10(12(16)17)8-20-11(15)9-3-4-9/h2,9-11H,1,3-8H2,(H,14,18)(H,16,17). The second-order valence-electron chi connectivity index (χ2n) is 4.92. The molecule has 2 fully saturated rings. The Morgan fingerprint density at radius 3 is 2.85 bits per heavy atom. The van der Waals surface area contributed by atoms with E-state index in [0.717, 1.165) is 24.3 Å². The van der Waals surface area contributed by atoms with E-state index < -0.39 is 12.0 Å². The van der Waals surface area contributed by atoms with E-state index >= 15 is 0 Å². The van der Waals surface area contributed by atoms with Crippen molar-refractivity contribution in [2.75, 3.05) is 23.8 Å². The van der Waals surface area contributed by atoms with Gasteiger partial charge in [0.05, 0.1) is 5.37 Å². The van der Waals surface area contributed by atoms with Crippen molar-refractivity contribution in [3.8, 4) is 0 Å². The van der Waals surface area contributed by atoms with E-state index in [1.807, 2.05) is 6.08 Å². The van der Waals surface area contributed by atoms with E-state index in [9.17, 15) is 14.7 Å². The molecule has 2 atom stereocenters. The van der Waals surface area contributed by atoms with Crippen LogP contribution in [0.25, 0.3) is 0 Å². The Kier molecular flexibility index (Phi) is 5.65. The van der Waals surface area contributed by atoms with Gasteiger partial charge in [-0.3, -0.25) is 4.90 Å². The lowest BCUT2D eigenvalue weighted by atomic mass is 10.2. The lowest BCUT2D eigenvalue weighted by Gasteiger charge is -2.27. The maximum Gasteiger partial charge on any atom is 0.327 e. The monoisotopic (exact) mass is 316 g/mol. The van der Waals surface area contributed by atoms with Crippen molar-refractivity contribution < 1.29 is 14.7 Å². The van der Waals surface area contributed by atoms with Crippen LogP contribution in [0.2, 0.25) is 0 Å². The number of amides is 2. The number of aliphatic carboxylic acids is 1. The average Bonchev–Trinajstić information content (AvgIpc) is 3.16. The molecular weight excluding hydrogens is 296 g/mol. The predicted molar refractivity (Wildman–Crippen MR) is 83.2 cm³/mol. The van der Waals surface area contributed by atoms with Gasteiger partial charge in [-0.1, -0.05) is 6.08 Å². The molecule has 1 saturated heterocycles. The van der Waals surface area contributed by atoms with Crippen LogP contribution in [0, 0.1) is 5.92 Å². The third-order valence-corrected chi connectivity index (χ3v) is 5.76. The summed E-state index contributed by atoms with van der Waals surface area (Å²) in [4.78, 5) is 25.1. The van der Waals surface area contributed by atoms with Gasteiger partial charge < -0.3 is 10.4 Å². The molecule has 2 N–H and O–H groups in total. The molecule has 0 spiro atoms. The highest BCUT2D eigenvalue weighted by Gasteiger charge is 2.47. The number of hydrogen-bond donors (Lipinski definition) is 2. The lowest BCUT2D eigenvalue weighted by Crippen LogP contribution is -2.51. The topological polar surface area (TPSA) is 69.6 Å². The van der Waals surface area contributed by atoms with E-state index in [4.69, 9.17) is 0 Å². The third kappa shape index (κ3) is 3.85. The average molecular weight is 316 g/mol. The van der Waals surface area contributed by atoms with Crippen LogP contribution in [-0.4, -0.2) is 57.2 Å². The quantitative estimate of drug-likeness (QED) is 0.554. The van der Waals surface area contributed by atoms with Gasteiger partial charge >= 0.3 is 12.0 Å². The lowest BCUT2D eigenvalue weighted by molar-refractivity contribution is -0.141. The smallest absolute Gasteiger partial charge is 0.327 e. The summed E-state index contributed by atoms with van der Waals surface area (Å²) < 4.78 is 0. The highest BCUT2D eigenvalue weighted by atomic mass is 32.2.